The van der Waals surface area contributed by atoms with Gasteiger partial charge < -0.3 is 5.11 Å². The van der Waals surface area contributed by atoms with Gasteiger partial charge in [0.15, 0.2) is 0 Å². The molecule has 1 saturated heterocycles. The molecular weight excluding hydrogens is 238 g/mol. The van der Waals surface area contributed by atoms with E-state index in [1.807, 2.05) is 12.1 Å². The van der Waals surface area contributed by atoms with Gasteiger partial charge in [0.05, 0.1) is 19.1 Å². The third-order valence-corrected chi connectivity index (χ3v) is 3.59. The normalized spacial score (nSPS) is 17.3. The molecule has 0 aromatic heterocycles. The number of hydrogen-bond acceptors (Lipinski definition) is 4. The van der Waals surface area contributed by atoms with E-state index in [9.17, 15) is 0 Å². The number of piperazine rings is 1. The maximum Gasteiger partial charge on any atom is 0.0669 e. The Labute approximate surface area is 114 Å². The van der Waals surface area contributed by atoms with E-state index in [-0.39, 0.29) is 6.61 Å². The summed E-state index contributed by atoms with van der Waals surface area (Å²) in [5.41, 5.74) is 2.39. The average Bonchev–Trinajstić information content (AvgIpc) is 2.44. The second-order valence-electron chi connectivity index (χ2n) is 4.99. The first-order chi connectivity index (χ1) is 9.31. The number of nitriles is 1. The Kier molecular flexibility index (Phi) is 5.34. The fourth-order valence-electron chi connectivity index (χ4n) is 2.42. The minimum atomic E-state index is 0.250. The van der Waals surface area contributed by atoms with Crippen molar-refractivity contribution in [2.24, 2.45) is 0 Å². The third-order valence-electron chi connectivity index (χ3n) is 3.59. The Morgan fingerprint density at radius 1 is 1.00 bits per heavy atom. The first-order valence-corrected chi connectivity index (χ1v) is 6.82. The Morgan fingerprint density at radius 3 is 2.16 bits per heavy atom. The molecular formula is C15H21N3O. The van der Waals surface area contributed by atoms with Gasteiger partial charge in [0.2, 0.25) is 0 Å². The minimum Gasteiger partial charge on any atom is -0.395 e. The summed E-state index contributed by atoms with van der Waals surface area (Å²) in [6.45, 7) is 6.19. The SMILES string of the molecule is N#CCc1ccc(CN2CCN(CCO)CC2)cc1. The van der Waals surface area contributed by atoms with E-state index < -0.39 is 0 Å². The van der Waals surface area contributed by atoms with Gasteiger partial charge in [-0.05, 0) is 11.1 Å². The second kappa shape index (κ2) is 7.25. The number of benzene rings is 1. The van der Waals surface area contributed by atoms with Crippen molar-refractivity contribution in [1.82, 2.24) is 9.80 Å². The summed E-state index contributed by atoms with van der Waals surface area (Å²) in [7, 11) is 0. The van der Waals surface area contributed by atoms with Crippen LogP contribution in [0.2, 0.25) is 0 Å². The van der Waals surface area contributed by atoms with Crippen LogP contribution in [0.4, 0.5) is 0 Å². The summed E-state index contributed by atoms with van der Waals surface area (Å²) < 4.78 is 0. The predicted octanol–water partition coefficient (Wildman–Crippen LogP) is 0.863. The fourth-order valence-corrected chi connectivity index (χ4v) is 2.42. The van der Waals surface area contributed by atoms with Gasteiger partial charge in [-0.1, -0.05) is 24.3 Å². The summed E-state index contributed by atoms with van der Waals surface area (Å²) >= 11 is 0. The van der Waals surface area contributed by atoms with E-state index in [1.165, 1.54) is 5.56 Å². The highest BCUT2D eigenvalue weighted by Crippen LogP contribution is 2.10. The Morgan fingerprint density at radius 2 is 1.58 bits per heavy atom. The van der Waals surface area contributed by atoms with Gasteiger partial charge in [-0.25, -0.2) is 0 Å². The Hall–Kier alpha value is -1.41. The molecule has 0 atom stereocenters. The number of nitrogens with zero attached hydrogens (tertiary/aromatic N) is 3. The largest absolute Gasteiger partial charge is 0.395 e. The first-order valence-electron chi connectivity index (χ1n) is 6.82. The molecule has 1 fully saturated rings. The zero-order valence-corrected chi connectivity index (χ0v) is 11.3. The molecule has 0 bridgehead atoms. The predicted molar refractivity (Wildman–Crippen MR) is 74.6 cm³/mol. The number of β-amino-alcohol motifs (C(OH)–C–C–N with tert-alkyl or cyclic N) is 1. The van der Waals surface area contributed by atoms with Crippen molar-refractivity contribution in [3.8, 4) is 6.07 Å². The van der Waals surface area contributed by atoms with Crippen molar-refractivity contribution >= 4 is 0 Å². The van der Waals surface area contributed by atoms with Crippen LogP contribution in [0.3, 0.4) is 0 Å². The number of rotatable bonds is 5. The van der Waals surface area contributed by atoms with Crippen molar-refractivity contribution < 1.29 is 5.11 Å². The van der Waals surface area contributed by atoms with E-state index in [0.29, 0.717) is 6.42 Å². The van der Waals surface area contributed by atoms with Crippen molar-refractivity contribution in [3.05, 3.63) is 35.4 Å². The fraction of sp³-hybridized carbons (Fsp3) is 0.533. The number of hydrogen-bond donors (Lipinski definition) is 1. The van der Waals surface area contributed by atoms with Gasteiger partial charge >= 0.3 is 0 Å². The molecule has 1 N–H and O–H groups in total. The molecule has 2 rings (SSSR count). The molecule has 1 aliphatic heterocycles. The van der Waals surface area contributed by atoms with Crippen LogP contribution in [0.5, 0.6) is 0 Å². The van der Waals surface area contributed by atoms with Gasteiger partial charge in [0, 0.05) is 39.3 Å². The smallest absolute Gasteiger partial charge is 0.0669 e. The summed E-state index contributed by atoms with van der Waals surface area (Å²) in [6, 6.07) is 10.5. The first kappa shape index (κ1) is 14.0. The molecule has 0 unspecified atom stereocenters. The van der Waals surface area contributed by atoms with Crippen molar-refractivity contribution in [3.63, 3.8) is 0 Å². The molecule has 0 spiro atoms. The quantitative estimate of drug-likeness (QED) is 0.852. The van der Waals surface area contributed by atoms with Gasteiger partial charge in [-0.3, -0.25) is 9.80 Å². The summed E-state index contributed by atoms with van der Waals surface area (Å²) in [5, 5.41) is 17.5. The van der Waals surface area contributed by atoms with Crippen LogP contribution < -0.4 is 0 Å². The average molecular weight is 259 g/mol. The maximum absolute atomic E-state index is 8.91. The zero-order valence-electron chi connectivity index (χ0n) is 11.3. The van der Waals surface area contributed by atoms with Crippen LogP contribution in [0.15, 0.2) is 24.3 Å². The van der Waals surface area contributed by atoms with E-state index in [1.54, 1.807) is 0 Å². The van der Waals surface area contributed by atoms with Crippen molar-refractivity contribution in [2.75, 3.05) is 39.3 Å². The van der Waals surface area contributed by atoms with Crippen LogP contribution in [-0.4, -0.2) is 54.2 Å². The van der Waals surface area contributed by atoms with Gasteiger partial charge in [0.1, 0.15) is 0 Å². The summed E-state index contributed by atoms with van der Waals surface area (Å²) in [6.07, 6.45) is 0.486. The lowest BCUT2D eigenvalue weighted by Crippen LogP contribution is -2.46. The van der Waals surface area contributed by atoms with Crippen LogP contribution in [0, 0.1) is 11.3 Å². The second-order valence-corrected chi connectivity index (χ2v) is 4.99. The molecule has 4 heteroatoms. The third kappa shape index (κ3) is 4.32. The molecule has 4 nitrogen and oxygen atoms in total. The Bertz CT molecular complexity index is 416. The molecule has 1 aromatic rings. The van der Waals surface area contributed by atoms with Crippen LogP contribution in [0.25, 0.3) is 0 Å². The van der Waals surface area contributed by atoms with Gasteiger partial charge in [-0.2, -0.15) is 5.26 Å². The molecule has 0 radical (unpaired) electrons. The lowest BCUT2D eigenvalue weighted by molar-refractivity contribution is 0.108. The molecule has 0 amide bonds. The van der Waals surface area contributed by atoms with Gasteiger partial charge in [0.25, 0.3) is 0 Å². The monoisotopic (exact) mass is 259 g/mol. The maximum atomic E-state index is 8.91. The van der Waals surface area contributed by atoms with Crippen LogP contribution >= 0.6 is 0 Å². The molecule has 1 heterocycles. The Balaban J connectivity index is 1.80. The van der Waals surface area contributed by atoms with Crippen LogP contribution in [0.1, 0.15) is 11.1 Å². The number of aliphatic hydroxyl groups is 1. The molecule has 1 aromatic carbocycles. The molecule has 1 aliphatic rings. The summed E-state index contributed by atoms with van der Waals surface area (Å²) in [5.74, 6) is 0. The molecule has 102 valence electrons. The minimum absolute atomic E-state index is 0.250. The van der Waals surface area contributed by atoms with Crippen molar-refractivity contribution in [1.29, 1.82) is 5.26 Å². The highest BCUT2D eigenvalue weighted by molar-refractivity contribution is 5.24. The zero-order chi connectivity index (χ0) is 13.5. The highest BCUT2D eigenvalue weighted by atomic mass is 16.3. The lowest BCUT2D eigenvalue weighted by Gasteiger charge is -2.34. The summed E-state index contributed by atoms with van der Waals surface area (Å²) in [4.78, 5) is 4.74. The lowest BCUT2D eigenvalue weighted by atomic mass is 10.1. The van der Waals surface area contributed by atoms with E-state index in [2.05, 4.69) is 28.0 Å². The van der Waals surface area contributed by atoms with E-state index in [0.717, 1.165) is 44.8 Å². The van der Waals surface area contributed by atoms with Crippen LogP contribution in [-0.2, 0) is 13.0 Å². The van der Waals surface area contributed by atoms with Gasteiger partial charge in [-0.15, -0.1) is 0 Å². The van der Waals surface area contributed by atoms with Crippen molar-refractivity contribution in [2.45, 2.75) is 13.0 Å². The molecule has 0 aliphatic carbocycles. The molecule has 19 heavy (non-hydrogen) atoms. The topological polar surface area (TPSA) is 50.5 Å². The number of aliphatic hydroxyl groups excluding tert-OH is 1. The molecule has 0 saturated carbocycles. The highest BCUT2D eigenvalue weighted by Gasteiger charge is 2.16. The standard InChI is InChI=1S/C15H21N3O/c16-6-5-14-1-3-15(4-2-14)13-18-9-7-17(8-10-18)11-12-19/h1-4,19H,5,7-13H2. The van der Waals surface area contributed by atoms with E-state index in [4.69, 9.17) is 10.4 Å². The van der Waals surface area contributed by atoms with E-state index >= 15 is 0 Å².